The second-order valence-corrected chi connectivity index (χ2v) is 5.12. The van der Waals surface area contributed by atoms with Crippen LogP contribution in [0.2, 0.25) is 5.02 Å². The molecule has 0 aliphatic heterocycles. The molecule has 0 spiro atoms. The molecule has 106 valence electrons. The number of H-pyrrole nitrogens is 1. The Morgan fingerprint density at radius 1 is 1.24 bits per heavy atom. The standard InChI is InChI=1S/C15H11ClN2O3/c16-11-3-1-2-9(6-11)8-18-13-5-4-10(14(19)20)7-12(13)17-15(18)21/h1-7H,8H2,(H,17,21)(H,19,20). The van der Waals surface area contributed by atoms with Crippen LogP contribution in [-0.4, -0.2) is 20.6 Å². The Kier molecular flexibility index (Phi) is 3.27. The van der Waals surface area contributed by atoms with Crippen LogP contribution in [0, 0.1) is 0 Å². The van der Waals surface area contributed by atoms with E-state index in [-0.39, 0.29) is 11.3 Å². The molecule has 2 aromatic carbocycles. The van der Waals surface area contributed by atoms with Gasteiger partial charge in [0.15, 0.2) is 0 Å². The van der Waals surface area contributed by atoms with Crippen molar-refractivity contribution in [2.75, 3.05) is 0 Å². The summed E-state index contributed by atoms with van der Waals surface area (Å²) in [6.45, 7) is 0.367. The van der Waals surface area contributed by atoms with E-state index in [9.17, 15) is 9.59 Å². The maximum atomic E-state index is 12.0. The Morgan fingerprint density at radius 2 is 2.05 bits per heavy atom. The number of aromatic amines is 1. The minimum atomic E-state index is -1.03. The van der Waals surface area contributed by atoms with Crippen molar-refractivity contribution in [1.29, 1.82) is 0 Å². The average molecular weight is 303 g/mol. The van der Waals surface area contributed by atoms with Gasteiger partial charge in [0.25, 0.3) is 0 Å². The summed E-state index contributed by atoms with van der Waals surface area (Å²) in [7, 11) is 0. The quantitative estimate of drug-likeness (QED) is 0.781. The van der Waals surface area contributed by atoms with Gasteiger partial charge in [-0.1, -0.05) is 23.7 Å². The lowest BCUT2D eigenvalue weighted by Gasteiger charge is -2.04. The Balaban J connectivity index is 2.08. The van der Waals surface area contributed by atoms with E-state index in [1.807, 2.05) is 12.1 Å². The van der Waals surface area contributed by atoms with Gasteiger partial charge in [-0.25, -0.2) is 9.59 Å². The summed E-state index contributed by atoms with van der Waals surface area (Å²) in [6.07, 6.45) is 0. The first kappa shape index (κ1) is 13.5. The van der Waals surface area contributed by atoms with Gasteiger partial charge < -0.3 is 10.1 Å². The van der Waals surface area contributed by atoms with Gasteiger partial charge in [0, 0.05) is 5.02 Å². The highest BCUT2D eigenvalue weighted by molar-refractivity contribution is 6.30. The van der Waals surface area contributed by atoms with Gasteiger partial charge in [0.05, 0.1) is 23.1 Å². The molecule has 1 heterocycles. The highest BCUT2D eigenvalue weighted by Gasteiger charge is 2.10. The summed E-state index contributed by atoms with van der Waals surface area (Å²) < 4.78 is 1.55. The highest BCUT2D eigenvalue weighted by atomic mass is 35.5. The van der Waals surface area contributed by atoms with Crippen LogP contribution >= 0.6 is 11.6 Å². The van der Waals surface area contributed by atoms with Crippen LogP contribution in [0.4, 0.5) is 0 Å². The van der Waals surface area contributed by atoms with Crippen LogP contribution in [0.15, 0.2) is 47.3 Å². The molecule has 2 N–H and O–H groups in total. The SMILES string of the molecule is O=C(O)c1ccc2c(c1)[nH]c(=O)n2Cc1cccc(Cl)c1. The molecule has 1 aromatic heterocycles. The maximum Gasteiger partial charge on any atom is 0.335 e. The number of hydrogen-bond donors (Lipinski definition) is 2. The second-order valence-electron chi connectivity index (χ2n) is 4.68. The van der Waals surface area contributed by atoms with Crippen LogP contribution in [0.3, 0.4) is 0 Å². The first-order valence-corrected chi connectivity index (χ1v) is 6.63. The van der Waals surface area contributed by atoms with E-state index < -0.39 is 5.97 Å². The van der Waals surface area contributed by atoms with Crippen molar-refractivity contribution in [2.45, 2.75) is 6.54 Å². The molecular formula is C15H11ClN2O3. The number of aromatic nitrogens is 2. The molecule has 3 rings (SSSR count). The van der Waals surface area contributed by atoms with Crippen LogP contribution in [0.1, 0.15) is 15.9 Å². The Hall–Kier alpha value is -2.53. The van der Waals surface area contributed by atoms with Gasteiger partial charge in [-0.15, -0.1) is 0 Å². The number of nitrogens with one attached hydrogen (secondary N) is 1. The van der Waals surface area contributed by atoms with Gasteiger partial charge in [0.2, 0.25) is 0 Å². The van der Waals surface area contributed by atoms with E-state index >= 15 is 0 Å². The number of imidazole rings is 1. The molecule has 3 aromatic rings. The van der Waals surface area contributed by atoms with Crippen molar-refractivity contribution in [3.05, 3.63) is 69.1 Å². The van der Waals surface area contributed by atoms with Crippen LogP contribution in [0.25, 0.3) is 11.0 Å². The molecule has 0 fully saturated rings. The predicted octanol–water partition coefficient (Wildman–Crippen LogP) is 2.73. The van der Waals surface area contributed by atoms with Gasteiger partial charge in [-0.2, -0.15) is 0 Å². The summed E-state index contributed by atoms with van der Waals surface area (Å²) in [5.74, 6) is -1.03. The monoisotopic (exact) mass is 302 g/mol. The molecule has 0 radical (unpaired) electrons. The molecule has 0 unspecified atom stereocenters. The predicted molar refractivity (Wildman–Crippen MR) is 80.1 cm³/mol. The summed E-state index contributed by atoms with van der Waals surface area (Å²) in [4.78, 5) is 25.7. The summed E-state index contributed by atoms with van der Waals surface area (Å²) >= 11 is 5.94. The number of fused-ring (bicyclic) bond motifs is 1. The lowest BCUT2D eigenvalue weighted by Crippen LogP contribution is -2.17. The number of nitrogens with zero attached hydrogens (tertiary/aromatic N) is 1. The van der Waals surface area contributed by atoms with Crippen LogP contribution < -0.4 is 5.69 Å². The van der Waals surface area contributed by atoms with E-state index in [0.29, 0.717) is 22.6 Å². The maximum absolute atomic E-state index is 12.0. The smallest absolute Gasteiger partial charge is 0.335 e. The third kappa shape index (κ3) is 2.55. The average Bonchev–Trinajstić information content (AvgIpc) is 2.74. The number of rotatable bonds is 3. The number of aromatic carboxylic acids is 1. The third-order valence-corrected chi connectivity index (χ3v) is 3.49. The fraction of sp³-hybridized carbons (Fsp3) is 0.0667. The zero-order chi connectivity index (χ0) is 15.0. The van der Waals surface area contributed by atoms with E-state index in [0.717, 1.165) is 5.56 Å². The topological polar surface area (TPSA) is 75.1 Å². The summed E-state index contributed by atoms with van der Waals surface area (Å²) in [5.41, 5.74) is 1.91. The molecular weight excluding hydrogens is 292 g/mol. The number of carboxylic acid groups (broad SMARTS) is 1. The van der Waals surface area contributed by atoms with Crippen molar-refractivity contribution < 1.29 is 9.90 Å². The van der Waals surface area contributed by atoms with Crippen molar-refractivity contribution in [2.24, 2.45) is 0 Å². The molecule has 21 heavy (non-hydrogen) atoms. The van der Waals surface area contributed by atoms with Gasteiger partial charge in [-0.3, -0.25) is 4.57 Å². The summed E-state index contributed by atoms with van der Waals surface area (Å²) in [5, 5.41) is 9.58. The van der Waals surface area contributed by atoms with Crippen molar-refractivity contribution in [1.82, 2.24) is 9.55 Å². The fourth-order valence-electron chi connectivity index (χ4n) is 2.27. The van der Waals surface area contributed by atoms with E-state index in [4.69, 9.17) is 16.7 Å². The Bertz CT molecular complexity index is 895. The molecule has 5 nitrogen and oxygen atoms in total. The molecule has 0 amide bonds. The first-order valence-electron chi connectivity index (χ1n) is 6.25. The molecule has 0 aliphatic carbocycles. The van der Waals surface area contributed by atoms with Crippen molar-refractivity contribution >= 4 is 28.6 Å². The Morgan fingerprint density at radius 3 is 2.76 bits per heavy atom. The van der Waals surface area contributed by atoms with E-state index in [1.54, 1.807) is 22.8 Å². The number of benzene rings is 2. The zero-order valence-electron chi connectivity index (χ0n) is 10.8. The van der Waals surface area contributed by atoms with E-state index in [1.165, 1.54) is 12.1 Å². The number of carbonyl (C=O) groups is 1. The van der Waals surface area contributed by atoms with Crippen molar-refractivity contribution in [3.63, 3.8) is 0 Å². The van der Waals surface area contributed by atoms with Crippen molar-refractivity contribution in [3.8, 4) is 0 Å². The zero-order valence-corrected chi connectivity index (χ0v) is 11.6. The number of carboxylic acids is 1. The Labute approximate surface area is 124 Å². The van der Waals surface area contributed by atoms with Gasteiger partial charge in [-0.05, 0) is 35.9 Å². The fourth-order valence-corrected chi connectivity index (χ4v) is 2.48. The van der Waals surface area contributed by atoms with Crippen LogP contribution in [0.5, 0.6) is 0 Å². The first-order chi connectivity index (χ1) is 10.0. The molecule has 0 bridgehead atoms. The number of hydrogen-bond acceptors (Lipinski definition) is 2. The minimum absolute atomic E-state index is 0.138. The molecule has 0 saturated carbocycles. The van der Waals surface area contributed by atoms with Gasteiger partial charge in [0.1, 0.15) is 0 Å². The minimum Gasteiger partial charge on any atom is -0.478 e. The van der Waals surface area contributed by atoms with Crippen LogP contribution in [-0.2, 0) is 6.54 Å². The number of halogens is 1. The lowest BCUT2D eigenvalue weighted by atomic mass is 10.2. The molecule has 0 atom stereocenters. The third-order valence-electron chi connectivity index (χ3n) is 3.25. The highest BCUT2D eigenvalue weighted by Crippen LogP contribution is 2.16. The largest absolute Gasteiger partial charge is 0.478 e. The molecule has 0 aliphatic rings. The summed E-state index contributed by atoms with van der Waals surface area (Å²) in [6, 6.07) is 11.8. The van der Waals surface area contributed by atoms with E-state index in [2.05, 4.69) is 4.98 Å². The normalized spacial score (nSPS) is 10.9. The second kappa shape index (κ2) is 5.10. The molecule has 6 heteroatoms. The van der Waals surface area contributed by atoms with Gasteiger partial charge >= 0.3 is 11.7 Å². The molecule has 0 saturated heterocycles. The lowest BCUT2D eigenvalue weighted by molar-refractivity contribution is 0.0697.